The van der Waals surface area contributed by atoms with E-state index >= 15 is 0 Å². The van der Waals surface area contributed by atoms with E-state index in [0.717, 1.165) is 0 Å². The third kappa shape index (κ3) is 1710. The van der Waals surface area contributed by atoms with Gasteiger partial charge in [-0.05, 0) is 0 Å². The van der Waals surface area contributed by atoms with Gasteiger partial charge in [-0.2, -0.15) is 0 Å². The molecule has 0 aliphatic rings. The number of hydrogen-bond acceptors (Lipinski definition) is 5. The summed E-state index contributed by atoms with van der Waals surface area (Å²) in [6, 6.07) is 0. The smallest absolute Gasteiger partial charge is 1.00 e. The molecule has 0 aromatic heterocycles. The first-order valence-corrected chi connectivity index (χ1v) is 11.7. The van der Waals surface area contributed by atoms with Crippen LogP contribution in [0.3, 0.4) is 0 Å². The van der Waals surface area contributed by atoms with Crippen LogP contribution in [0, 0.1) is 0 Å². The zero-order valence-corrected chi connectivity index (χ0v) is 27.0. The Morgan fingerprint density at radius 3 is 0.300 bits per heavy atom. The van der Waals surface area contributed by atoms with Gasteiger partial charge in [0.15, 0.2) is 0 Å². The average molecular weight is 691 g/mol. The van der Waals surface area contributed by atoms with E-state index < -0.39 is 39.1 Å². The Bertz CT molecular complexity index is 400. The van der Waals surface area contributed by atoms with Crippen LogP contribution in [-0.2, 0) is 78.5 Å². The summed E-state index contributed by atoms with van der Waals surface area (Å²) in [6.07, 6.45) is 0. The minimum Gasteiger partial charge on any atom is -1.00 e. The molecule has 0 unspecified atom stereocenters. The van der Waals surface area contributed by atoms with E-state index in [1.165, 1.54) is 0 Å². The molecule has 0 aromatic carbocycles. The molecule has 20 nitrogen and oxygen atoms in total. The van der Waals surface area contributed by atoms with Crippen molar-refractivity contribution in [2.75, 3.05) is 0 Å². The largest absolute Gasteiger partial charge is 1.00 e. The van der Waals surface area contributed by atoms with E-state index in [9.17, 15) is 0 Å². The zero-order chi connectivity index (χ0) is 22.5. The van der Waals surface area contributed by atoms with E-state index in [1.807, 2.05) is 0 Å². The fourth-order valence-electron chi connectivity index (χ4n) is 0. The summed E-state index contributed by atoms with van der Waals surface area (Å²) in [5.74, 6) is 0. The van der Waals surface area contributed by atoms with Gasteiger partial charge in [0.1, 0.15) is 0 Å². The molecule has 0 fully saturated rings. The van der Waals surface area contributed by atoms with Crippen molar-refractivity contribution in [2.45, 2.75) is 0 Å². The summed E-state index contributed by atoms with van der Waals surface area (Å²) in [5, 5.41) is 0. The molecule has 0 heterocycles. The predicted octanol–water partition coefficient (Wildman–Crippen LogP) is -10.4. The molecule has 30 heavy (non-hydrogen) atoms. The zero-order valence-electron chi connectivity index (χ0n) is 16.3. The first kappa shape index (κ1) is 64.4. The summed E-state index contributed by atoms with van der Waals surface area (Å²) in [7, 11) is -23.2. The second-order valence-corrected chi connectivity index (χ2v) is 7.70. The van der Waals surface area contributed by atoms with E-state index in [-0.39, 0.29) is 118 Å². The molecule has 0 aromatic rings. The molecule has 0 rings (SSSR count). The summed E-state index contributed by atoms with van der Waals surface area (Å²) in [4.78, 5) is 108. The molecule has 30 heteroatoms. The summed E-state index contributed by atoms with van der Waals surface area (Å²) in [6.45, 7) is 0. The van der Waals surface area contributed by atoms with E-state index in [4.69, 9.17) is 96.2 Å². The molecular weight excluding hydrogens is 674 g/mol. The third-order valence-corrected chi connectivity index (χ3v) is 0. The fraction of sp³-hybridized carbons (Fsp3) is 0. The van der Waals surface area contributed by atoms with Gasteiger partial charge in [-0.15, -0.1) is 0 Å². The topological polar surface area (TPSA) is 389 Å². The Morgan fingerprint density at radius 2 is 0.300 bits per heavy atom. The minimum atomic E-state index is -4.64. The van der Waals surface area contributed by atoms with Gasteiger partial charge in [-0.1, -0.05) is 0 Å². The van der Waals surface area contributed by atoms with Crippen LogP contribution in [0.4, 0.5) is 0 Å². The van der Waals surface area contributed by atoms with Crippen LogP contribution >= 0.6 is 39.1 Å². The molecule has 0 aliphatic heterocycles. The van der Waals surface area contributed by atoms with Gasteiger partial charge in [0, 0.05) is 55.7 Å². The summed E-state index contributed by atoms with van der Waals surface area (Å²) >= 11 is 0. The van der Waals surface area contributed by atoms with Crippen molar-refractivity contribution in [1.82, 2.24) is 0 Å². The Balaban J connectivity index is -0.0000000148. The SMILES string of the molecule is O=P(O)(O)O.O=P(O)(O)O.O=P(O)(O)O.O=P(O)(O)O.O=P(O)(O)O.[H-].[H-].[Na+].[Na+].[V].[V].[V]. The van der Waals surface area contributed by atoms with E-state index in [2.05, 4.69) is 0 Å². The van der Waals surface area contributed by atoms with Crippen molar-refractivity contribution >= 4 is 39.1 Å². The van der Waals surface area contributed by atoms with Gasteiger partial charge in [0.05, 0.1) is 0 Å². The minimum absolute atomic E-state index is 0. The molecule has 0 atom stereocenters. The molecule has 0 spiro atoms. The van der Waals surface area contributed by atoms with Crippen LogP contribution in [0.2, 0.25) is 0 Å². The Hall–Kier alpha value is 4.30. The Morgan fingerprint density at radius 1 is 0.300 bits per heavy atom. The first-order valence-electron chi connectivity index (χ1n) is 3.91. The number of hydrogen-bond donors (Lipinski definition) is 15. The van der Waals surface area contributed by atoms with Crippen molar-refractivity contribution in [3.8, 4) is 0 Å². The third-order valence-electron chi connectivity index (χ3n) is 0. The monoisotopic (exact) mass is 691 g/mol. The maximum Gasteiger partial charge on any atom is 1.00 e. The van der Waals surface area contributed by atoms with Crippen LogP contribution in [0.15, 0.2) is 0 Å². The van der Waals surface area contributed by atoms with Gasteiger partial charge in [0.2, 0.25) is 0 Å². The summed E-state index contributed by atoms with van der Waals surface area (Å²) < 4.78 is 44.4. The number of rotatable bonds is 0. The van der Waals surface area contributed by atoms with Gasteiger partial charge in [0.25, 0.3) is 0 Å². The van der Waals surface area contributed by atoms with Crippen molar-refractivity contribution in [1.29, 1.82) is 0 Å². The van der Waals surface area contributed by atoms with Crippen LogP contribution in [0.1, 0.15) is 2.85 Å². The van der Waals surface area contributed by atoms with Crippen LogP contribution in [0.25, 0.3) is 0 Å². The van der Waals surface area contributed by atoms with Crippen molar-refractivity contribution in [2.24, 2.45) is 0 Å². The fourth-order valence-corrected chi connectivity index (χ4v) is 0. The standard InChI is InChI=1S/2Na.5H3O4P.3V.2H/c;;5*1-5(2,3)4;;;;;/h;;5*(H3,1,2,3,4);;;;;/q2*+1;;;;;;;;;2*-1. The molecule has 3 radical (unpaired) electrons. The van der Waals surface area contributed by atoms with E-state index in [1.54, 1.807) is 0 Å². The van der Waals surface area contributed by atoms with Crippen LogP contribution in [0.5, 0.6) is 0 Å². The molecule has 0 aliphatic carbocycles. The molecular formula is H17Na2O20P5V3. The molecule has 179 valence electrons. The molecule has 15 N–H and O–H groups in total. The second-order valence-electron chi connectivity index (χ2n) is 2.57. The van der Waals surface area contributed by atoms with Crippen molar-refractivity contribution in [3.63, 3.8) is 0 Å². The van der Waals surface area contributed by atoms with Gasteiger partial charge in [-0.25, -0.2) is 22.8 Å². The van der Waals surface area contributed by atoms with E-state index in [0.29, 0.717) is 0 Å². The van der Waals surface area contributed by atoms with Crippen LogP contribution < -0.4 is 59.1 Å². The molecule has 0 saturated heterocycles. The molecule has 0 saturated carbocycles. The van der Waals surface area contributed by atoms with Gasteiger partial charge in [-0.3, -0.25) is 0 Å². The Labute approximate surface area is 250 Å². The quantitative estimate of drug-likeness (QED) is 0.0828. The Kier molecular flexibility index (Phi) is 63.4. The molecule has 0 bridgehead atoms. The number of phosphoric acid groups is 5. The normalized spacial score (nSPS) is 9.83. The average Bonchev–Trinajstić information content (AvgIpc) is 1.79. The first-order chi connectivity index (χ1) is 10.0. The van der Waals surface area contributed by atoms with Crippen molar-refractivity contribution < 1.29 is 214 Å². The van der Waals surface area contributed by atoms with Crippen molar-refractivity contribution in [3.05, 3.63) is 0 Å². The maximum atomic E-state index is 8.88. The van der Waals surface area contributed by atoms with Crippen LogP contribution in [-0.4, -0.2) is 73.4 Å². The van der Waals surface area contributed by atoms with Gasteiger partial charge < -0.3 is 76.3 Å². The maximum absolute atomic E-state index is 8.88. The molecule has 0 amide bonds. The summed E-state index contributed by atoms with van der Waals surface area (Å²) in [5.41, 5.74) is 0. The second kappa shape index (κ2) is 29.5. The van der Waals surface area contributed by atoms with Gasteiger partial charge >= 0.3 is 98.2 Å². The predicted molar refractivity (Wildman–Crippen MR) is 73.5 cm³/mol.